The topological polar surface area (TPSA) is 12.5 Å². The molecule has 3 heteroatoms. The van der Waals surface area contributed by atoms with E-state index in [2.05, 4.69) is 33.2 Å². The molecule has 82 valence electrons. The van der Waals surface area contributed by atoms with Crippen LogP contribution < -0.4 is 10.0 Å². The van der Waals surface area contributed by atoms with E-state index < -0.39 is 0 Å². The van der Waals surface area contributed by atoms with Crippen LogP contribution in [-0.4, -0.2) is 25.1 Å². The van der Waals surface area contributed by atoms with Crippen LogP contribution >= 0.6 is 9.24 Å². The van der Waals surface area contributed by atoms with Gasteiger partial charge in [-0.15, -0.1) is 9.24 Å². The Kier molecular flexibility index (Phi) is 3.28. The van der Waals surface area contributed by atoms with E-state index >= 15 is 0 Å². The average molecular weight is 223 g/mol. The summed E-state index contributed by atoms with van der Waals surface area (Å²) in [4.78, 5) is 2.46. The molecule has 0 saturated heterocycles. The summed E-state index contributed by atoms with van der Waals surface area (Å²) in [5, 5.41) is 1.17. The van der Waals surface area contributed by atoms with Gasteiger partial charge in [-0.05, 0) is 36.2 Å². The molecule has 2 nitrogen and oxygen atoms in total. The minimum atomic E-state index is 0.983. The summed E-state index contributed by atoms with van der Waals surface area (Å²) in [5.41, 5.74) is 2.90. The highest BCUT2D eigenvalue weighted by Gasteiger charge is 2.16. The number of benzene rings is 1. The van der Waals surface area contributed by atoms with Crippen molar-refractivity contribution in [2.24, 2.45) is 0 Å². The maximum absolute atomic E-state index is 5.34. The van der Waals surface area contributed by atoms with Crippen molar-refractivity contribution in [3.8, 4) is 5.75 Å². The van der Waals surface area contributed by atoms with Crippen LogP contribution in [0.3, 0.4) is 0 Å². The van der Waals surface area contributed by atoms with Crippen molar-refractivity contribution in [2.75, 3.05) is 20.2 Å². The van der Waals surface area contributed by atoms with E-state index in [1.165, 1.54) is 23.0 Å². The monoisotopic (exact) mass is 223 g/mol. The van der Waals surface area contributed by atoms with Crippen molar-refractivity contribution in [3.05, 3.63) is 23.3 Å². The molecular weight excluding hydrogens is 205 g/mol. The predicted octanol–water partition coefficient (Wildman–Crippen LogP) is 1.57. The normalized spacial score (nSPS) is 16.2. The Balaban J connectivity index is 2.33. The number of hydrogen-bond acceptors (Lipinski definition) is 2. The molecule has 1 unspecified atom stereocenters. The van der Waals surface area contributed by atoms with E-state index in [-0.39, 0.29) is 0 Å². The fourth-order valence-corrected chi connectivity index (χ4v) is 2.51. The lowest BCUT2D eigenvalue weighted by Crippen LogP contribution is -2.30. The quantitative estimate of drug-likeness (QED) is 0.706. The van der Waals surface area contributed by atoms with Gasteiger partial charge in [0, 0.05) is 18.4 Å². The summed E-state index contributed by atoms with van der Waals surface area (Å²) < 4.78 is 5.34. The Morgan fingerprint density at radius 3 is 2.87 bits per heavy atom. The van der Waals surface area contributed by atoms with Gasteiger partial charge < -0.3 is 4.74 Å². The highest BCUT2D eigenvalue weighted by Crippen LogP contribution is 2.23. The molecule has 1 aliphatic heterocycles. The fourth-order valence-electron chi connectivity index (χ4n) is 2.11. The largest absolute Gasteiger partial charge is 0.496 e. The molecule has 0 amide bonds. The molecule has 2 rings (SSSR count). The van der Waals surface area contributed by atoms with Crippen LogP contribution in [0.15, 0.2) is 12.1 Å². The first-order chi connectivity index (χ1) is 7.24. The first-order valence-electron chi connectivity index (χ1n) is 5.42. The van der Waals surface area contributed by atoms with Gasteiger partial charge in [0.25, 0.3) is 0 Å². The summed E-state index contributed by atoms with van der Waals surface area (Å²) in [6.07, 6.45) is 1.16. The predicted molar refractivity (Wildman–Crippen MR) is 67.0 cm³/mol. The van der Waals surface area contributed by atoms with E-state index in [4.69, 9.17) is 4.74 Å². The molecule has 0 radical (unpaired) electrons. The summed E-state index contributed by atoms with van der Waals surface area (Å²) in [7, 11) is 4.48. The van der Waals surface area contributed by atoms with Crippen LogP contribution in [-0.2, 0) is 13.0 Å². The first-order valence-corrected chi connectivity index (χ1v) is 6.00. The molecular formula is C12H18NOP. The minimum absolute atomic E-state index is 0.983. The van der Waals surface area contributed by atoms with Gasteiger partial charge in [-0.2, -0.15) is 0 Å². The zero-order valence-electron chi connectivity index (χ0n) is 9.42. The summed E-state index contributed by atoms with van der Waals surface area (Å²) >= 11 is 0. The SMILES string of the molecule is CCN1CCc2cc(P)c(OC)cc2C1. The third-order valence-corrected chi connectivity index (χ3v) is 3.54. The lowest BCUT2D eigenvalue weighted by atomic mass is 9.99. The molecule has 0 saturated carbocycles. The van der Waals surface area contributed by atoms with Crippen molar-refractivity contribution in [2.45, 2.75) is 19.9 Å². The maximum atomic E-state index is 5.34. The Hall–Kier alpha value is -0.590. The number of fused-ring (bicyclic) bond motifs is 1. The second-order valence-electron chi connectivity index (χ2n) is 3.98. The molecule has 0 aliphatic carbocycles. The van der Waals surface area contributed by atoms with Crippen molar-refractivity contribution >= 4 is 14.5 Å². The molecule has 0 aromatic heterocycles. The molecule has 1 heterocycles. The Labute approximate surface area is 93.8 Å². The van der Waals surface area contributed by atoms with E-state index in [1.54, 1.807) is 7.11 Å². The van der Waals surface area contributed by atoms with E-state index in [9.17, 15) is 0 Å². The molecule has 0 N–H and O–H groups in total. The molecule has 15 heavy (non-hydrogen) atoms. The summed E-state index contributed by atoms with van der Waals surface area (Å²) in [6.45, 7) is 5.59. The number of rotatable bonds is 2. The Bertz CT molecular complexity index is 365. The molecule has 1 atom stereocenters. The fraction of sp³-hybridized carbons (Fsp3) is 0.500. The van der Waals surface area contributed by atoms with Gasteiger partial charge in [-0.25, -0.2) is 0 Å². The van der Waals surface area contributed by atoms with Gasteiger partial charge >= 0.3 is 0 Å². The van der Waals surface area contributed by atoms with E-state index in [0.717, 1.165) is 25.3 Å². The zero-order chi connectivity index (χ0) is 10.8. The molecule has 1 aromatic carbocycles. The van der Waals surface area contributed by atoms with Gasteiger partial charge in [0.2, 0.25) is 0 Å². The number of methoxy groups -OCH3 is 1. The third-order valence-electron chi connectivity index (χ3n) is 3.09. The lowest BCUT2D eigenvalue weighted by Gasteiger charge is -2.28. The number of ether oxygens (including phenoxy) is 1. The Morgan fingerprint density at radius 2 is 2.20 bits per heavy atom. The van der Waals surface area contributed by atoms with Crippen molar-refractivity contribution in [3.63, 3.8) is 0 Å². The van der Waals surface area contributed by atoms with Crippen LogP contribution in [0, 0.1) is 0 Å². The smallest absolute Gasteiger partial charge is 0.126 e. The molecule has 1 aliphatic rings. The summed E-state index contributed by atoms with van der Waals surface area (Å²) in [5.74, 6) is 0.983. The maximum Gasteiger partial charge on any atom is 0.126 e. The number of hydrogen-bond donors (Lipinski definition) is 0. The molecule has 0 bridgehead atoms. The zero-order valence-corrected chi connectivity index (χ0v) is 10.6. The van der Waals surface area contributed by atoms with Crippen LogP contribution in [0.5, 0.6) is 5.75 Å². The van der Waals surface area contributed by atoms with Gasteiger partial charge in [0.15, 0.2) is 0 Å². The second-order valence-corrected chi connectivity index (χ2v) is 4.60. The van der Waals surface area contributed by atoms with Crippen molar-refractivity contribution < 1.29 is 4.74 Å². The highest BCUT2D eigenvalue weighted by atomic mass is 31.0. The number of nitrogens with zero attached hydrogens (tertiary/aromatic N) is 1. The standard InChI is InChI=1S/C12H18NOP/c1-3-13-5-4-9-7-12(15)11(14-2)6-10(9)8-13/h6-7H,3-5,8,15H2,1-2H3. The van der Waals surface area contributed by atoms with E-state index in [0.29, 0.717) is 0 Å². The molecule has 0 fully saturated rings. The summed E-state index contributed by atoms with van der Waals surface area (Å²) in [6, 6.07) is 4.42. The van der Waals surface area contributed by atoms with Crippen LogP contribution in [0.1, 0.15) is 18.1 Å². The molecule has 1 aromatic rings. The molecule has 0 spiro atoms. The van der Waals surface area contributed by atoms with Crippen molar-refractivity contribution in [1.82, 2.24) is 4.90 Å². The van der Waals surface area contributed by atoms with Gasteiger partial charge in [-0.1, -0.05) is 6.92 Å². The van der Waals surface area contributed by atoms with Crippen LogP contribution in [0.4, 0.5) is 0 Å². The lowest BCUT2D eigenvalue weighted by molar-refractivity contribution is 0.267. The highest BCUT2D eigenvalue weighted by molar-refractivity contribution is 7.27. The van der Waals surface area contributed by atoms with Gasteiger partial charge in [0.1, 0.15) is 5.75 Å². The average Bonchev–Trinajstić information content (AvgIpc) is 2.27. The minimum Gasteiger partial charge on any atom is -0.496 e. The van der Waals surface area contributed by atoms with E-state index in [1.807, 2.05) is 0 Å². The van der Waals surface area contributed by atoms with Gasteiger partial charge in [-0.3, -0.25) is 4.90 Å². The Morgan fingerprint density at radius 1 is 1.40 bits per heavy atom. The van der Waals surface area contributed by atoms with Gasteiger partial charge in [0.05, 0.1) is 7.11 Å². The van der Waals surface area contributed by atoms with Crippen LogP contribution in [0.2, 0.25) is 0 Å². The van der Waals surface area contributed by atoms with Crippen molar-refractivity contribution in [1.29, 1.82) is 0 Å². The van der Waals surface area contributed by atoms with Crippen LogP contribution in [0.25, 0.3) is 0 Å². The number of likely N-dealkylation sites (N-methyl/N-ethyl adjacent to an activating group) is 1. The third kappa shape index (κ3) is 2.16. The second kappa shape index (κ2) is 4.51. The first kappa shape index (κ1) is 10.9.